The quantitative estimate of drug-likeness (QED) is 0.737. The molecule has 0 radical (unpaired) electrons. The highest BCUT2D eigenvalue weighted by Crippen LogP contribution is 2.32. The molecular weight excluding hydrogens is 306 g/mol. The van der Waals surface area contributed by atoms with Crippen LogP contribution in [0.2, 0.25) is 0 Å². The second-order valence-electron chi connectivity index (χ2n) is 5.57. The van der Waals surface area contributed by atoms with Crippen LogP contribution in [0.1, 0.15) is 35.3 Å². The minimum absolute atomic E-state index is 0.162. The number of nitrogens with zero attached hydrogens (tertiary/aromatic N) is 5. The Morgan fingerprint density at radius 3 is 2.88 bits per heavy atom. The van der Waals surface area contributed by atoms with Crippen molar-refractivity contribution in [3.63, 3.8) is 0 Å². The van der Waals surface area contributed by atoms with Gasteiger partial charge in [0.25, 0.3) is 5.91 Å². The fourth-order valence-corrected chi connectivity index (χ4v) is 2.90. The zero-order chi connectivity index (χ0) is 16.4. The van der Waals surface area contributed by atoms with Crippen LogP contribution in [0, 0.1) is 0 Å². The number of likely N-dealkylation sites (tertiary alicyclic amines) is 1. The molecule has 0 bridgehead atoms. The third kappa shape index (κ3) is 2.64. The van der Waals surface area contributed by atoms with Crippen molar-refractivity contribution in [2.75, 3.05) is 6.54 Å². The number of benzene rings is 1. The highest BCUT2D eigenvalue weighted by molar-refractivity contribution is 5.92. The number of aromatic nitrogens is 4. The van der Waals surface area contributed by atoms with Gasteiger partial charge in [-0.25, -0.2) is 4.98 Å². The van der Waals surface area contributed by atoms with Crippen LogP contribution in [0.5, 0.6) is 0 Å². The summed E-state index contributed by atoms with van der Waals surface area (Å²) >= 11 is 0. The van der Waals surface area contributed by atoms with Gasteiger partial charge in [-0.15, -0.1) is 0 Å². The number of hydrogen-bond donors (Lipinski definition) is 0. The molecule has 3 aromatic rings. The van der Waals surface area contributed by atoms with Gasteiger partial charge in [0.05, 0.1) is 6.20 Å². The molecule has 7 nitrogen and oxygen atoms in total. The van der Waals surface area contributed by atoms with Crippen molar-refractivity contribution in [1.82, 2.24) is 25.0 Å². The number of amides is 1. The molecular formula is C17H15N5O2. The van der Waals surface area contributed by atoms with E-state index < -0.39 is 0 Å². The molecule has 1 aliphatic heterocycles. The van der Waals surface area contributed by atoms with E-state index in [9.17, 15) is 4.79 Å². The van der Waals surface area contributed by atoms with E-state index in [1.165, 1.54) is 12.4 Å². The molecule has 1 aliphatic rings. The highest BCUT2D eigenvalue weighted by atomic mass is 16.5. The van der Waals surface area contributed by atoms with Crippen LogP contribution < -0.4 is 0 Å². The first-order valence-corrected chi connectivity index (χ1v) is 7.79. The molecule has 0 saturated carbocycles. The molecule has 0 spiro atoms. The van der Waals surface area contributed by atoms with Gasteiger partial charge in [-0.3, -0.25) is 9.78 Å². The summed E-state index contributed by atoms with van der Waals surface area (Å²) in [5, 5.41) is 4.05. The van der Waals surface area contributed by atoms with E-state index in [4.69, 9.17) is 4.52 Å². The highest BCUT2D eigenvalue weighted by Gasteiger charge is 2.35. The Balaban J connectivity index is 1.60. The van der Waals surface area contributed by atoms with Crippen LogP contribution in [0.4, 0.5) is 0 Å². The lowest BCUT2D eigenvalue weighted by Crippen LogP contribution is -2.31. The fourth-order valence-electron chi connectivity index (χ4n) is 2.90. The summed E-state index contributed by atoms with van der Waals surface area (Å²) < 4.78 is 5.43. The molecule has 7 heteroatoms. The first kappa shape index (κ1) is 14.5. The van der Waals surface area contributed by atoms with Crippen LogP contribution in [0.3, 0.4) is 0 Å². The van der Waals surface area contributed by atoms with Crippen molar-refractivity contribution in [3.8, 4) is 11.4 Å². The van der Waals surface area contributed by atoms with Gasteiger partial charge in [-0.2, -0.15) is 4.98 Å². The van der Waals surface area contributed by atoms with Crippen molar-refractivity contribution in [2.24, 2.45) is 0 Å². The van der Waals surface area contributed by atoms with Gasteiger partial charge in [-0.05, 0) is 12.8 Å². The number of hydrogen-bond acceptors (Lipinski definition) is 6. The molecule has 24 heavy (non-hydrogen) atoms. The van der Waals surface area contributed by atoms with Crippen molar-refractivity contribution in [3.05, 3.63) is 60.5 Å². The van der Waals surface area contributed by atoms with Crippen molar-refractivity contribution in [2.45, 2.75) is 18.9 Å². The Morgan fingerprint density at radius 2 is 2.08 bits per heavy atom. The van der Waals surface area contributed by atoms with Crippen LogP contribution in [0.15, 0.2) is 53.4 Å². The largest absolute Gasteiger partial charge is 0.337 e. The summed E-state index contributed by atoms with van der Waals surface area (Å²) in [7, 11) is 0. The van der Waals surface area contributed by atoms with Crippen molar-refractivity contribution in [1.29, 1.82) is 0 Å². The standard InChI is InChI=1S/C17H15N5O2/c23-17(13-11-18-8-9-19-13)22-10-4-7-14(22)16-20-15(21-24-16)12-5-2-1-3-6-12/h1-3,5-6,8-9,11,14H,4,7,10H2/t14-/m0/s1. The third-order valence-corrected chi connectivity index (χ3v) is 4.05. The Morgan fingerprint density at radius 1 is 1.21 bits per heavy atom. The molecule has 0 N–H and O–H groups in total. The van der Waals surface area contributed by atoms with Gasteiger partial charge < -0.3 is 9.42 Å². The van der Waals surface area contributed by atoms with E-state index in [1.54, 1.807) is 11.1 Å². The van der Waals surface area contributed by atoms with Crippen molar-refractivity contribution >= 4 is 5.91 Å². The van der Waals surface area contributed by atoms with Gasteiger partial charge in [-0.1, -0.05) is 35.5 Å². The zero-order valence-corrected chi connectivity index (χ0v) is 12.9. The molecule has 1 saturated heterocycles. The maximum absolute atomic E-state index is 12.6. The number of rotatable bonds is 3. The predicted octanol–water partition coefficient (Wildman–Crippen LogP) is 2.50. The van der Waals surface area contributed by atoms with Gasteiger partial charge >= 0.3 is 0 Å². The Labute approximate surface area is 138 Å². The molecule has 3 heterocycles. The van der Waals surface area contributed by atoms with Crippen molar-refractivity contribution < 1.29 is 9.32 Å². The summed E-state index contributed by atoms with van der Waals surface area (Å²) in [6, 6.07) is 9.40. The van der Waals surface area contributed by atoms with E-state index in [1.807, 2.05) is 30.3 Å². The molecule has 1 atom stereocenters. The van der Waals surface area contributed by atoms with E-state index >= 15 is 0 Å². The van der Waals surface area contributed by atoms with Gasteiger partial charge in [0.2, 0.25) is 11.7 Å². The molecule has 0 unspecified atom stereocenters. The van der Waals surface area contributed by atoms with Gasteiger partial charge in [0.1, 0.15) is 11.7 Å². The Kier molecular flexibility index (Phi) is 3.74. The van der Waals surface area contributed by atoms with E-state index in [0.29, 0.717) is 24.0 Å². The lowest BCUT2D eigenvalue weighted by molar-refractivity contribution is 0.0703. The minimum atomic E-state index is -0.218. The maximum atomic E-state index is 12.6. The molecule has 1 aromatic carbocycles. The van der Waals surface area contributed by atoms with Gasteiger partial charge in [0.15, 0.2) is 0 Å². The predicted molar refractivity (Wildman–Crippen MR) is 84.8 cm³/mol. The van der Waals surface area contributed by atoms with Crippen LogP contribution >= 0.6 is 0 Å². The van der Waals surface area contributed by atoms with Crippen LogP contribution in [-0.2, 0) is 0 Å². The summed E-state index contributed by atoms with van der Waals surface area (Å²) in [6.45, 7) is 0.642. The second kappa shape index (κ2) is 6.19. The molecule has 2 aromatic heterocycles. The third-order valence-electron chi connectivity index (χ3n) is 4.05. The van der Waals surface area contributed by atoms with E-state index in [0.717, 1.165) is 18.4 Å². The maximum Gasteiger partial charge on any atom is 0.274 e. The molecule has 1 fully saturated rings. The van der Waals surface area contributed by atoms with Gasteiger partial charge in [0, 0.05) is 24.5 Å². The fraction of sp³-hybridized carbons (Fsp3) is 0.235. The lowest BCUT2D eigenvalue weighted by atomic mass is 10.2. The Bertz CT molecular complexity index is 834. The van der Waals surface area contributed by atoms with Crippen LogP contribution in [-0.4, -0.2) is 37.5 Å². The van der Waals surface area contributed by atoms with E-state index in [2.05, 4.69) is 20.1 Å². The Hall–Kier alpha value is -3.09. The number of carbonyl (C=O) groups excluding carboxylic acids is 1. The number of carbonyl (C=O) groups is 1. The molecule has 0 aliphatic carbocycles. The smallest absolute Gasteiger partial charge is 0.274 e. The molecule has 1 amide bonds. The summed E-state index contributed by atoms with van der Waals surface area (Å²) in [4.78, 5) is 26.9. The monoisotopic (exact) mass is 321 g/mol. The first-order chi connectivity index (χ1) is 11.8. The SMILES string of the molecule is O=C(c1cnccn1)N1CCC[C@H]1c1nc(-c2ccccc2)no1. The normalized spacial score (nSPS) is 17.2. The average molecular weight is 321 g/mol. The molecule has 4 rings (SSSR count). The zero-order valence-electron chi connectivity index (χ0n) is 12.9. The second-order valence-corrected chi connectivity index (χ2v) is 5.57. The first-order valence-electron chi connectivity index (χ1n) is 7.79. The summed E-state index contributed by atoms with van der Waals surface area (Å²) in [5.74, 6) is 0.832. The van der Waals surface area contributed by atoms with Crippen LogP contribution in [0.25, 0.3) is 11.4 Å². The summed E-state index contributed by atoms with van der Waals surface area (Å²) in [5.41, 5.74) is 1.21. The molecule has 120 valence electrons. The minimum Gasteiger partial charge on any atom is -0.337 e. The average Bonchev–Trinajstić information content (AvgIpc) is 3.32. The topological polar surface area (TPSA) is 85.0 Å². The summed E-state index contributed by atoms with van der Waals surface area (Å²) in [6.07, 6.45) is 6.21. The van der Waals surface area contributed by atoms with E-state index in [-0.39, 0.29) is 11.9 Å². The lowest BCUT2D eigenvalue weighted by Gasteiger charge is -2.21.